The van der Waals surface area contributed by atoms with Gasteiger partial charge in [-0.3, -0.25) is 4.79 Å². The second-order valence-electron chi connectivity index (χ2n) is 12.3. The molecule has 1 fully saturated rings. The minimum absolute atomic E-state index is 0.0416. The molecule has 50 heavy (non-hydrogen) atoms. The lowest BCUT2D eigenvalue weighted by Crippen LogP contribution is -2.41. The predicted octanol–water partition coefficient (Wildman–Crippen LogP) is 6.50. The van der Waals surface area contributed by atoms with Crippen LogP contribution in [0.1, 0.15) is 24.0 Å². The number of hydrogen-bond donors (Lipinski definition) is 4. The van der Waals surface area contributed by atoms with Crippen molar-refractivity contribution in [3.63, 3.8) is 0 Å². The number of methoxy groups -OCH3 is 1. The Balaban J connectivity index is 1.26. The van der Waals surface area contributed by atoms with Crippen LogP contribution in [0.5, 0.6) is 5.88 Å². The highest BCUT2D eigenvalue weighted by Crippen LogP contribution is 2.42. The molecule has 2 amide bonds. The van der Waals surface area contributed by atoms with Crippen molar-refractivity contribution in [2.45, 2.75) is 31.8 Å². The van der Waals surface area contributed by atoms with Crippen molar-refractivity contribution in [2.75, 3.05) is 40.4 Å². The molecule has 3 aromatic heterocycles. The second kappa shape index (κ2) is 15.5. The van der Waals surface area contributed by atoms with Gasteiger partial charge in [-0.2, -0.15) is 0 Å². The molecule has 4 N–H and O–H groups in total. The zero-order chi connectivity index (χ0) is 35.4. The van der Waals surface area contributed by atoms with Crippen LogP contribution in [0, 0.1) is 0 Å². The lowest BCUT2D eigenvalue weighted by atomic mass is 9.98. The summed E-state index contributed by atoms with van der Waals surface area (Å²) in [7, 11) is 3.47. The van der Waals surface area contributed by atoms with Crippen LogP contribution in [0.2, 0.25) is 10.0 Å². The quantitative estimate of drug-likeness (QED) is 0.108. The van der Waals surface area contributed by atoms with E-state index in [-0.39, 0.29) is 37.5 Å². The van der Waals surface area contributed by atoms with Gasteiger partial charge in [-0.25, -0.2) is 14.8 Å². The van der Waals surface area contributed by atoms with Gasteiger partial charge in [-0.15, -0.1) is 0 Å². The maximum absolute atomic E-state index is 12.1. The first-order valence-electron chi connectivity index (χ1n) is 16.3. The van der Waals surface area contributed by atoms with Crippen LogP contribution in [0.4, 0.5) is 4.79 Å². The van der Waals surface area contributed by atoms with Gasteiger partial charge < -0.3 is 35.1 Å². The molecule has 1 saturated heterocycles. The molecule has 0 spiro atoms. The van der Waals surface area contributed by atoms with Crippen LogP contribution in [0.25, 0.3) is 44.7 Å². The standard InChI is InChI=1S/C37H38Cl2N6O5/c1-44(17-18-46)16-15-22-19-40-35-25(22)11-13-30(42-35)28-7-3-5-26(33(28)38)27-6-4-8-29(34(27)39)31-12-9-23(36(43-31)50-2)20-45(37(48)49)21-24-10-14-32(47)41-24/h3-9,11-13,19,24,46H,10,14-18,20-21H2,1-2H3,(H,40,42)(H,41,47)(H,48,49)/t24-/m0/s1. The number of aromatic amines is 1. The third-order valence-electron chi connectivity index (χ3n) is 9.00. The van der Waals surface area contributed by atoms with Crippen molar-refractivity contribution < 1.29 is 24.5 Å². The molecule has 13 heteroatoms. The van der Waals surface area contributed by atoms with Gasteiger partial charge in [0.2, 0.25) is 11.8 Å². The molecule has 1 aliphatic rings. The Morgan fingerprint density at radius 2 is 1.60 bits per heavy atom. The number of aromatic nitrogens is 3. The Kier molecular flexibility index (Phi) is 10.9. The summed E-state index contributed by atoms with van der Waals surface area (Å²) >= 11 is 14.2. The van der Waals surface area contributed by atoms with Crippen LogP contribution in [0.3, 0.4) is 0 Å². The Morgan fingerprint density at radius 1 is 0.940 bits per heavy atom. The molecular weight excluding hydrogens is 679 g/mol. The molecule has 0 saturated carbocycles. The van der Waals surface area contributed by atoms with Crippen LogP contribution in [-0.4, -0.2) is 93.4 Å². The van der Waals surface area contributed by atoms with E-state index in [2.05, 4.69) is 21.3 Å². The molecule has 1 atom stereocenters. The minimum atomic E-state index is -1.10. The third kappa shape index (κ3) is 7.56. The molecule has 0 bridgehead atoms. The second-order valence-corrected chi connectivity index (χ2v) is 13.1. The van der Waals surface area contributed by atoms with E-state index in [1.807, 2.05) is 55.7 Å². The van der Waals surface area contributed by atoms with Crippen LogP contribution < -0.4 is 10.1 Å². The Hall–Kier alpha value is -4.68. The van der Waals surface area contributed by atoms with Crippen molar-refractivity contribution in [1.82, 2.24) is 30.1 Å². The molecule has 0 unspecified atom stereocenters. The minimum Gasteiger partial charge on any atom is -0.481 e. The van der Waals surface area contributed by atoms with E-state index in [0.717, 1.165) is 46.4 Å². The number of nitrogens with zero attached hydrogens (tertiary/aromatic N) is 4. The summed E-state index contributed by atoms with van der Waals surface area (Å²) in [6.07, 6.45) is 2.68. The molecule has 4 heterocycles. The number of hydrogen-bond acceptors (Lipinski definition) is 7. The molecule has 6 rings (SSSR count). The van der Waals surface area contributed by atoms with Crippen LogP contribution in [0.15, 0.2) is 66.9 Å². The van der Waals surface area contributed by atoms with Crippen molar-refractivity contribution in [3.8, 4) is 39.5 Å². The maximum atomic E-state index is 12.1. The average Bonchev–Trinajstić information content (AvgIpc) is 3.72. The number of pyridine rings is 2. The van der Waals surface area contributed by atoms with Gasteiger partial charge >= 0.3 is 6.09 Å². The van der Waals surface area contributed by atoms with E-state index < -0.39 is 6.09 Å². The number of aliphatic hydroxyl groups excluding tert-OH is 1. The first-order chi connectivity index (χ1) is 24.2. The summed E-state index contributed by atoms with van der Waals surface area (Å²) in [4.78, 5) is 39.9. The number of aliphatic hydroxyl groups is 1. The number of fused-ring (bicyclic) bond motifs is 1. The Labute approximate surface area is 299 Å². The molecule has 0 radical (unpaired) electrons. The van der Waals surface area contributed by atoms with Crippen molar-refractivity contribution in [2.24, 2.45) is 0 Å². The number of carbonyl (C=O) groups excluding carboxylic acids is 1. The highest BCUT2D eigenvalue weighted by molar-refractivity contribution is 6.39. The molecular formula is C37H38Cl2N6O5. The highest BCUT2D eigenvalue weighted by atomic mass is 35.5. The first-order valence-corrected chi connectivity index (χ1v) is 17.1. The fraction of sp³-hybridized carbons (Fsp3) is 0.297. The molecule has 0 aliphatic carbocycles. The lowest BCUT2D eigenvalue weighted by molar-refractivity contribution is -0.119. The third-order valence-corrected chi connectivity index (χ3v) is 9.81. The van der Waals surface area contributed by atoms with E-state index in [1.165, 1.54) is 12.0 Å². The Bertz CT molecular complexity index is 2040. The molecule has 260 valence electrons. The van der Waals surface area contributed by atoms with Gasteiger partial charge in [0.05, 0.1) is 41.7 Å². The summed E-state index contributed by atoms with van der Waals surface area (Å²) in [5.41, 5.74) is 6.63. The number of amides is 2. The number of H-pyrrole nitrogens is 1. The number of halogens is 2. The SMILES string of the molecule is COc1nc(-c2cccc(-c3cccc(-c4ccc5c(CCN(C)CCO)c[nH]c5n4)c3Cl)c2Cl)ccc1CN(C[C@@H]1CCC(=O)N1)C(=O)O. The van der Waals surface area contributed by atoms with E-state index in [1.54, 1.807) is 12.1 Å². The van der Waals surface area contributed by atoms with Crippen LogP contribution in [-0.2, 0) is 17.8 Å². The Morgan fingerprint density at radius 3 is 2.22 bits per heavy atom. The molecule has 5 aromatic rings. The highest BCUT2D eigenvalue weighted by Gasteiger charge is 2.26. The summed E-state index contributed by atoms with van der Waals surface area (Å²) in [5.74, 6) is 0.201. The summed E-state index contributed by atoms with van der Waals surface area (Å²) < 4.78 is 5.59. The fourth-order valence-electron chi connectivity index (χ4n) is 6.30. The average molecular weight is 718 g/mol. The smallest absolute Gasteiger partial charge is 0.407 e. The summed E-state index contributed by atoms with van der Waals surface area (Å²) in [6, 6.07) is 18.8. The van der Waals surface area contributed by atoms with E-state index in [4.69, 9.17) is 37.9 Å². The van der Waals surface area contributed by atoms with Crippen LogP contribution >= 0.6 is 23.2 Å². The lowest BCUT2D eigenvalue weighted by Gasteiger charge is -2.23. The number of rotatable bonds is 13. The number of benzene rings is 2. The molecule has 11 nitrogen and oxygen atoms in total. The zero-order valence-corrected chi connectivity index (χ0v) is 29.3. The largest absolute Gasteiger partial charge is 0.481 e. The number of likely N-dealkylation sites (N-methyl/N-ethyl adjacent to an activating group) is 1. The zero-order valence-electron chi connectivity index (χ0n) is 27.7. The topological polar surface area (TPSA) is 144 Å². The summed E-state index contributed by atoms with van der Waals surface area (Å²) in [6.45, 7) is 1.78. The van der Waals surface area contributed by atoms with E-state index in [0.29, 0.717) is 51.8 Å². The fourth-order valence-corrected chi connectivity index (χ4v) is 6.95. The van der Waals surface area contributed by atoms with Gasteiger partial charge in [0, 0.05) is 71.5 Å². The van der Waals surface area contributed by atoms with Crippen molar-refractivity contribution >= 4 is 46.2 Å². The monoisotopic (exact) mass is 716 g/mol. The number of carboxylic acid groups (broad SMARTS) is 1. The number of ether oxygens (including phenoxy) is 1. The van der Waals surface area contributed by atoms with Gasteiger partial charge in [0.1, 0.15) is 5.65 Å². The van der Waals surface area contributed by atoms with Gasteiger partial charge in [-0.05, 0) is 49.7 Å². The predicted molar refractivity (Wildman–Crippen MR) is 195 cm³/mol. The van der Waals surface area contributed by atoms with Gasteiger partial charge in [0.15, 0.2) is 0 Å². The van der Waals surface area contributed by atoms with E-state index >= 15 is 0 Å². The first kappa shape index (κ1) is 35.2. The van der Waals surface area contributed by atoms with Crippen molar-refractivity contribution in [3.05, 3.63) is 88.0 Å². The normalized spacial score (nSPS) is 14.4. The molecule has 2 aromatic carbocycles. The number of carbonyl (C=O) groups is 2. The number of nitrogens with one attached hydrogen (secondary N) is 2. The van der Waals surface area contributed by atoms with E-state index in [9.17, 15) is 19.8 Å². The van der Waals surface area contributed by atoms with Crippen molar-refractivity contribution in [1.29, 1.82) is 0 Å². The summed E-state index contributed by atoms with van der Waals surface area (Å²) in [5, 5.41) is 23.9. The van der Waals surface area contributed by atoms with Gasteiger partial charge in [-0.1, -0.05) is 59.6 Å². The maximum Gasteiger partial charge on any atom is 0.407 e. The molecule has 1 aliphatic heterocycles. The van der Waals surface area contributed by atoms with Gasteiger partial charge in [0.25, 0.3) is 0 Å².